The lowest BCUT2D eigenvalue weighted by molar-refractivity contribution is -0.134. The van der Waals surface area contributed by atoms with Gasteiger partial charge in [0.1, 0.15) is 4.88 Å². The van der Waals surface area contributed by atoms with Gasteiger partial charge < -0.3 is 15.0 Å². The number of ether oxygens (including phenoxy) is 1. The highest BCUT2D eigenvalue weighted by molar-refractivity contribution is 7.17. The van der Waals surface area contributed by atoms with Crippen LogP contribution in [0.1, 0.15) is 34.5 Å². The summed E-state index contributed by atoms with van der Waals surface area (Å²) in [6.07, 6.45) is 3.85. The van der Waals surface area contributed by atoms with Gasteiger partial charge in [-0.25, -0.2) is 9.78 Å². The normalized spacial score (nSPS) is 14.5. The fourth-order valence-corrected chi connectivity index (χ4v) is 3.92. The van der Waals surface area contributed by atoms with E-state index in [0.29, 0.717) is 42.4 Å². The van der Waals surface area contributed by atoms with Gasteiger partial charge in [0.05, 0.1) is 13.3 Å². The molecule has 1 saturated heterocycles. The van der Waals surface area contributed by atoms with Crippen LogP contribution in [0.2, 0.25) is 0 Å². The van der Waals surface area contributed by atoms with Crippen LogP contribution in [0.4, 0.5) is 5.13 Å². The zero-order valence-corrected chi connectivity index (χ0v) is 16.5. The maximum absolute atomic E-state index is 12.4. The number of thiazole rings is 1. The molecule has 0 unspecified atom stereocenters. The number of rotatable bonds is 6. The number of nitrogens with zero attached hydrogens (tertiary/aromatic N) is 2. The lowest BCUT2D eigenvalue weighted by Gasteiger charge is -2.31. The van der Waals surface area contributed by atoms with Crippen LogP contribution in [0.25, 0.3) is 0 Å². The van der Waals surface area contributed by atoms with Crippen molar-refractivity contribution in [2.75, 3.05) is 25.5 Å². The quantitative estimate of drug-likeness (QED) is 0.752. The Hall–Kier alpha value is -2.74. The number of hydrogen-bond acceptors (Lipinski definition) is 6. The Kier molecular flexibility index (Phi) is 6.76. The van der Waals surface area contributed by atoms with Gasteiger partial charge in [-0.2, -0.15) is 0 Å². The SMILES string of the molecule is COC(=O)c1cnc(NC(=O)C2CCN(C(=O)CCc3ccccc3)CC2)s1. The number of aryl methyl sites for hydroxylation is 1. The first-order valence-corrected chi connectivity index (χ1v) is 10.0. The monoisotopic (exact) mass is 401 g/mol. The molecule has 0 atom stereocenters. The molecule has 2 amide bonds. The summed E-state index contributed by atoms with van der Waals surface area (Å²) in [6, 6.07) is 9.95. The summed E-state index contributed by atoms with van der Waals surface area (Å²) in [4.78, 5) is 42.5. The second-order valence-electron chi connectivity index (χ2n) is 6.65. The van der Waals surface area contributed by atoms with E-state index in [0.717, 1.165) is 23.3 Å². The van der Waals surface area contributed by atoms with E-state index in [2.05, 4.69) is 15.0 Å². The van der Waals surface area contributed by atoms with Crippen molar-refractivity contribution in [1.29, 1.82) is 0 Å². The van der Waals surface area contributed by atoms with Crippen molar-refractivity contribution in [3.05, 3.63) is 47.0 Å². The molecular weight excluding hydrogens is 378 g/mol. The molecule has 2 heterocycles. The molecule has 1 aliphatic rings. The number of likely N-dealkylation sites (tertiary alicyclic amines) is 1. The summed E-state index contributed by atoms with van der Waals surface area (Å²) in [7, 11) is 1.30. The Morgan fingerprint density at radius 3 is 2.61 bits per heavy atom. The number of carbonyl (C=O) groups is 3. The number of aromatic nitrogens is 1. The van der Waals surface area contributed by atoms with E-state index in [9.17, 15) is 14.4 Å². The molecule has 1 aliphatic heterocycles. The third-order valence-electron chi connectivity index (χ3n) is 4.81. The van der Waals surface area contributed by atoms with Crippen molar-refractivity contribution < 1.29 is 19.1 Å². The number of nitrogens with one attached hydrogen (secondary N) is 1. The Morgan fingerprint density at radius 1 is 1.21 bits per heavy atom. The van der Waals surface area contributed by atoms with E-state index in [4.69, 9.17) is 0 Å². The first-order valence-electron chi connectivity index (χ1n) is 9.23. The number of benzene rings is 1. The van der Waals surface area contributed by atoms with Gasteiger partial charge in [-0.05, 0) is 24.8 Å². The Bertz CT molecular complexity index is 829. The molecule has 2 aromatic rings. The number of methoxy groups -OCH3 is 1. The molecule has 1 aromatic heterocycles. The van der Waals surface area contributed by atoms with Gasteiger partial charge in [-0.1, -0.05) is 41.7 Å². The molecule has 1 fully saturated rings. The Labute approximate surface area is 167 Å². The van der Waals surface area contributed by atoms with Crippen LogP contribution < -0.4 is 5.32 Å². The number of hydrogen-bond donors (Lipinski definition) is 1. The summed E-state index contributed by atoms with van der Waals surface area (Å²) in [5.41, 5.74) is 1.15. The number of anilines is 1. The third kappa shape index (κ3) is 5.16. The smallest absolute Gasteiger partial charge is 0.349 e. The largest absolute Gasteiger partial charge is 0.465 e. The fourth-order valence-electron chi connectivity index (χ4n) is 3.18. The van der Waals surface area contributed by atoms with E-state index < -0.39 is 5.97 Å². The molecule has 0 aliphatic carbocycles. The minimum Gasteiger partial charge on any atom is -0.465 e. The van der Waals surface area contributed by atoms with E-state index >= 15 is 0 Å². The van der Waals surface area contributed by atoms with E-state index in [1.807, 2.05) is 35.2 Å². The van der Waals surface area contributed by atoms with E-state index in [-0.39, 0.29) is 17.7 Å². The minimum atomic E-state index is -0.472. The van der Waals surface area contributed by atoms with Crippen molar-refractivity contribution in [1.82, 2.24) is 9.88 Å². The highest BCUT2D eigenvalue weighted by Gasteiger charge is 2.27. The topological polar surface area (TPSA) is 88.6 Å². The zero-order chi connectivity index (χ0) is 19.9. The van der Waals surface area contributed by atoms with Gasteiger partial charge in [0.15, 0.2) is 5.13 Å². The molecule has 1 aromatic carbocycles. The third-order valence-corrected chi connectivity index (χ3v) is 5.70. The number of carbonyl (C=O) groups excluding carboxylic acids is 3. The Balaban J connectivity index is 1.44. The highest BCUT2D eigenvalue weighted by atomic mass is 32.1. The first-order chi connectivity index (χ1) is 13.6. The number of amides is 2. The summed E-state index contributed by atoms with van der Waals surface area (Å²) >= 11 is 1.09. The summed E-state index contributed by atoms with van der Waals surface area (Å²) in [5, 5.41) is 3.14. The average Bonchev–Trinajstić information content (AvgIpc) is 3.20. The van der Waals surface area contributed by atoms with Gasteiger partial charge in [0.25, 0.3) is 0 Å². The number of piperidine rings is 1. The second kappa shape index (κ2) is 9.45. The van der Waals surface area contributed by atoms with Gasteiger partial charge in [-0.15, -0.1) is 0 Å². The molecule has 8 heteroatoms. The van der Waals surface area contributed by atoms with Gasteiger partial charge >= 0.3 is 5.97 Å². The lowest BCUT2D eigenvalue weighted by Crippen LogP contribution is -2.41. The predicted molar refractivity (Wildman–Crippen MR) is 106 cm³/mol. The van der Waals surface area contributed by atoms with Gasteiger partial charge in [0.2, 0.25) is 11.8 Å². The van der Waals surface area contributed by atoms with E-state index in [1.165, 1.54) is 13.3 Å². The molecule has 0 bridgehead atoms. The maximum atomic E-state index is 12.4. The lowest BCUT2D eigenvalue weighted by atomic mass is 9.95. The molecule has 148 valence electrons. The number of esters is 1. The van der Waals surface area contributed by atoms with Crippen molar-refractivity contribution in [3.8, 4) is 0 Å². The molecule has 3 rings (SSSR count). The van der Waals surface area contributed by atoms with E-state index in [1.54, 1.807) is 0 Å². The first kappa shape index (κ1) is 20.0. The molecular formula is C20H23N3O4S. The van der Waals surface area contributed by atoms with Crippen LogP contribution in [0.5, 0.6) is 0 Å². The van der Waals surface area contributed by atoms with Gasteiger partial charge in [0, 0.05) is 25.4 Å². The van der Waals surface area contributed by atoms with Gasteiger partial charge in [-0.3, -0.25) is 9.59 Å². The predicted octanol–water partition coefficient (Wildman–Crippen LogP) is 2.74. The molecule has 7 nitrogen and oxygen atoms in total. The summed E-state index contributed by atoms with van der Waals surface area (Å²) in [6.45, 7) is 1.16. The second-order valence-corrected chi connectivity index (χ2v) is 7.68. The summed E-state index contributed by atoms with van der Waals surface area (Å²) < 4.78 is 4.63. The minimum absolute atomic E-state index is 0.123. The Morgan fingerprint density at radius 2 is 1.93 bits per heavy atom. The van der Waals surface area contributed by atoms with Crippen molar-refractivity contribution in [3.63, 3.8) is 0 Å². The van der Waals surface area contributed by atoms with Crippen molar-refractivity contribution in [2.24, 2.45) is 5.92 Å². The van der Waals surface area contributed by atoms with Crippen LogP contribution in [0.3, 0.4) is 0 Å². The standard InChI is InChI=1S/C20H23N3O4S/c1-27-19(26)16-13-21-20(28-16)22-18(25)15-9-11-23(12-10-15)17(24)8-7-14-5-3-2-4-6-14/h2-6,13,15H,7-12H2,1H3,(H,21,22,25). The molecule has 0 spiro atoms. The average molecular weight is 401 g/mol. The van der Waals surface area contributed by atoms with Crippen molar-refractivity contribution >= 4 is 34.3 Å². The van der Waals surface area contributed by atoms with Crippen LogP contribution in [-0.4, -0.2) is 47.9 Å². The maximum Gasteiger partial charge on any atom is 0.349 e. The fraction of sp³-hybridized carbons (Fsp3) is 0.400. The molecule has 0 saturated carbocycles. The zero-order valence-electron chi connectivity index (χ0n) is 15.7. The van der Waals surface area contributed by atoms with Crippen LogP contribution in [0, 0.1) is 5.92 Å². The molecule has 0 radical (unpaired) electrons. The highest BCUT2D eigenvalue weighted by Crippen LogP contribution is 2.23. The van der Waals surface area contributed by atoms with Crippen LogP contribution in [-0.2, 0) is 20.7 Å². The van der Waals surface area contributed by atoms with Crippen molar-refractivity contribution in [2.45, 2.75) is 25.7 Å². The molecule has 1 N–H and O–H groups in total. The summed E-state index contributed by atoms with van der Waals surface area (Å²) in [5.74, 6) is -0.628. The van der Waals surface area contributed by atoms with Crippen LogP contribution in [0.15, 0.2) is 36.5 Å². The molecule has 28 heavy (non-hydrogen) atoms. The van der Waals surface area contributed by atoms with Crippen LogP contribution >= 0.6 is 11.3 Å².